The predicted octanol–water partition coefficient (Wildman–Crippen LogP) is 2.87. The van der Waals surface area contributed by atoms with E-state index in [1.165, 1.54) is 0 Å². The third-order valence-corrected chi connectivity index (χ3v) is 3.35. The fraction of sp³-hybridized carbons (Fsp3) is 0.0833. The molecular formula is C12H9NO3S. The Kier molecular flexibility index (Phi) is 2.24. The highest BCUT2D eigenvalue weighted by Crippen LogP contribution is 2.30. The second-order valence-electron chi connectivity index (χ2n) is 3.79. The lowest BCUT2D eigenvalue weighted by Gasteiger charge is -1.94. The minimum Gasteiger partial charge on any atom is -0.436 e. The van der Waals surface area contributed by atoms with Crippen LogP contribution in [0.25, 0.3) is 22.1 Å². The minimum absolute atomic E-state index is 0.276. The molecule has 86 valence electrons. The van der Waals surface area contributed by atoms with E-state index < -0.39 is 11.1 Å². The Morgan fingerprint density at radius 2 is 2.06 bits per heavy atom. The third-order valence-electron chi connectivity index (χ3n) is 2.66. The van der Waals surface area contributed by atoms with Crippen molar-refractivity contribution in [2.24, 2.45) is 0 Å². The summed E-state index contributed by atoms with van der Waals surface area (Å²) in [5.41, 5.74) is 1.78. The molecule has 3 aromatic rings. The minimum atomic E-state index is -2.06. The number of hydrogen-bond acceptors (Lipinski definition) is 3. The summed E-state index contributed by atoms with van der Waals surface area (Å²) >= 11 is -2.06. The molecule has 4 nitrogen and oxygen atoms in total. The largest absolute Gasteiger partial charge is 0.436 e. The van der Waals surface area contributed by atoms with Gasteiger partial charge in [0.05, 0.1) is 0 Å². The number of furan rings is 1. The van der Waals surface area contributed by atoms with Crippen molar-refractivity contribution < 1.29 is 13.2 Å². The Labute approximate surface area is 99.6 Å². The molecule has 0 aliphatic carbocycles. The summed E-state index contributed by atoms with van der Waals surface area (Å²) in [7, 11) is 0. The Bertz CT molecular complexity index is 748. The highest BCUT2D eigenvalue weighted by Gasteiger charge is 2.14. The molecule has 1 unspecified atom stereocenters. The van der Waals surface area contributed by atoms with Crippen molar-refractivity contribution in [3.8, 4) is 0 Å². The highest BCUT2D eigenvalue weighted by molar-refractivity contribution is 7.79. The fourth-order valence-electron chi connectivity index (χ4n) is 1.88. The van der Waals surface area contributed by atoms with E-state index in [1.807, 2.05) is 25.1 Å². The lowest BCUT2D eigenvalue weighted by molar-refractivity contribution is 0.561. The molecule has 0 aliphatic heterocycles. The van der Waals surface area contributed by atoms with Crippen LogP contribution in [0.4, 0.5) is 0 Å². The van der Waals surface area contributed by atoms with Crippen LogP contribution in [0.1, 0.15) is 5.69 Å². The van der Waals surface area contributed by atoms with Gasteiger partial charge in [0.1, 0.15) is 4.90 Å². The molecule has 2 aromatic heterocycles. The average molecular weight is 247 g/mol. The zero-order valence-corrected chi connectivity index (χ0v) is 9.82. The number of hydrogen-bond donors (Lipinski definition) is 1. The number of para-hydroxylation sites is 1. The van der Waals surface area contributed by atoms with Gasteiger partial charge in [-0.1, -0.05) is 12.1 Å². The monoisotopic (exact) mass is 247 g/mol. The second kappa shape index (κ2) is 3.65. The van der Waals surface area contributed by atoms with E-state index in [2.05, 4.69) is 4.98 Å². The van der Waals surface area contributed by atoms with Gasteiger partial charge in [-0.3, -0.25) is 0 Å². The summed E-state index contributed by atoms with van der Waals surface area (Å²) in [5.74, 6) is 0. The van der Waals surface area contributed by atoms with Crippen LogP contribution in [0.15, 0.2) is 39.6 Å². The predicted molar refractivity (Wildman–Crippen MR) is 65.3 cm³/mol. The van der Waals surface area contributed by atoms with Crippen LogP contribution in [0, 0.1) is 6.92 Å². The Morgan fingerprint density at radius 1 is 1.24 bits per heavy atom. The molecule has 0 saturated carbocycles. The first-order chi connectivity index (χ1) is 8.16. The molecule has 1 aromatic carbocycles. The molecule has 0 amide bonds. The van der Waals surface area contributed by atoms with Crippen LogP contribution in [-0.4, -0.2) is 13.7 Å². The van der Waals surface area contributed by atoms with E-state index in [0.717, 1.165) is 16.5 Å². The van der Waals surface area contributed by atoms with Crippen LogP contribution < -0.4 is 0 Å². The third kappa shape index (κ3) is 1.55. The SMILES string of the molecule is Cc1ccc2c(n1)oc1c(S(=O)O)cccc12. The van der Waals surface area contributed by atoms with Crippen LogP contribution >= 0.6 is 0 Å². The molecule has 0 bridgehead atoms. The highest BCUT2D eigenvalue weighted by atomic mass is 32.2. The normalized spacial score (nSPS) is 13.3. The van der Waals surface area contributed by atoms with Gasteiger partial charge in [-0.05, 0) is 25.1 Å². The summed E-state index contributed by atoms with van der Waals surface area (Å²) in [6.07, 6.45) is 0. The molecule has 3 rings (SSSR count). The maximum absolute atomic E-state index is 11.2. The summed E-state index contributed by atoms with van der Waals surface area (Å²) in [6.45, 7) is 1.87. The van der Waals surface area contributed by atoms with E-state index in [4.69, 9.17) is 4.42 Å². The molecule has 0 saturated heterocycles. The molecular weight excluding hydrogens is 238 g/mol. The van der Waals surface area contributed by atoms with Gasteiger partial charge in [0.15, 0.2) is 16.7 Å². The van der Waals surface area contributed by atoms with Crippen LogP contribution in [-0.2, 0) is 11.1 Å². The van der Waals surface area contributed by atoms with Gasteiger partial charge in [-0.15, -0.1) is 0 Å². The lowest BCUT2D eigenvalue weighted by atomic mass is 10.2. The van der Waals surface area contributed by atoms with Crippen LogP contribution in [0.3, 0.4) is 0 Å². The first-order valence-electron chi connectivity index (χ1n) is 5.06. The average Bonchev–Trinajstić information content (AvgIpc) is 2.65. The van der Waals surface area contributed by atoms with Crippen molar-refractivity contribution >= 4 is 33.1 Å². The van der Waals surface area contributed by atoms with Crippen LogP contribution in [0.2, 0.25) is 0 Å². The Hall–Kier alpha value is -1.72. The van der Waals surface area contributed by atoms with Crippen molar-refractivity contribution in [1.29, 1.82) is 0 Å². The van der Waals surface area contributed by atoms with Crippen molar-refractivity contribution in [1.82, 2.24) is 4.98 Å². The second-order valence-corrected chi connectivity index (χ2v) is 4.73. The number of pyridine rings is 1. The molecule has 17 heavy (non-hydrogen) atoms. The van der Waals surface area contributed by atoms with Crippen molar-refractivity contribution in [2.45, 2.75) is 11.8 Å². The molecule has 1 atom stereocenters. The quantitative estimate of drug-likeness (QED) is 0.671. The number of aromatic nitrogens is 1. The topological polar surface area (TPSA) is 63.3 Å². The Morgan fingerprint density at radius 3 is 2.82 bits per heavy atom. The number of benzene rings is 1. The van der Waals surface area contributed by atoms with Gasteiger partial charge in [-0.25, -0.2) is 9.19 Å². The fourth-order valence-corrected chi connectivity index (χ4v) is 2.39. The number of rotatable bonds is 1. The first-order valence-corrected chi connectivity index (χ1v) is 6.17. The van der Waals surface area contributed by atoms with E-state index in [1.54, 1.807) is 12.1 Å². The van der Waals surface area contributed by atoms with Gasteiger partial charge in [0, 0.05) is 16.5 Å². The molecule has 1 N–H and O–H groups in total. The summed E-state index contributed by atoms with van der Waals surface area (Å²) in [4.78, 5) is 4.54. The van der Waals surface area contributed by atoms with Gasteiger partial charge >= 0.3 is 0 Å². The van der Waals surface area contributed by atoms with Crippen LogP contribution in [0.5, 0.6) is 0 Å². The number of nitrogens with zero attached hydrogens (tertiary/aromatic N) is 1. The standard InChI is InChI=1S/C12H9NO3S/c1-7-5-6-9-8-3-2-4-10(17(14)15)11(8)16-12(9)13-7/h2-6H,1H3,(H,14,15). The van der Waals surface area contributed by atoms with E-state index in [-0.39, 0.29) is 4.90 Å². The number of aryl methyl sites for hydroxylation is 1. The Balaban J connectivity index is 2.50. The van der Waals surface area contributed by atoms with Gasteiger partial charge < -0.3 is 8.97 Å². The smallest absolute Gasteiger partial charge is 0.227 e. The molecule has 2 heterocycles. The zero-order chi connectivity index (χ0) is 12.0. The van der Waals surface area contributed by atoms with E-state index >= 15 is 0 Å². The molecule has 0 fully saturated rings. The van der Waals surface area contributed by atoms with Gasteiger partial charge in [0.2, 0.25) is 5.71 Å². The van der Waals surface area contributed by atoms with Crippen molar-refractivity contribution in [3.05, 3.63) is 36.0 Å². The first kappa shape index (κ1) is 10.4. The zero-order valence-electron chi connectivity index (χ0n) is 9.01. The van der Waals surface area contributed by atoms with Gasteiger partial charge in [-0.2, -0.15) is 0 Å². The summed E-state index contributed by atoms with van der Waals surface area (Å²) < 4.78 is 25.9. The van der Waals surface area contributed by atoms with Crippen molar-refractivity contribution in [3.63, 3.8) is 0 Å². The van der Waals surface area contributed by atoms with Crippen molar-refractivity contribution in [2.75, 3.05) is 0 Å². The molecule has 0 radical (unpaired) electrons. The summed E-state index contributed by atoms with van der Waals surface area (Å²) in [5, 5.41) is 1.67. The molecule has 5 heteroatoms. The molecule has 0 aliphatic rings. The maximum Gasteiger partial charge on any atom is 0.227 e. The van der Waals surface area contributed by atoms with E-state index in [0.29, 0.717) is 11.3 Å². The van der Waals surface area contributed by atoms with Gasteiger partial charge in [0.25, 0.3) is 0 Å². The number of fused-ring (bicyclic) bond motifs is 3. The molecule has 0 spiro atoms. The summed E-state index contributed by atoms with van der Waals surface area (Å²) in [6, 6.07) is 8.97. The maximum atomic E-state index is 11.2. The van der Waals surface area contributed by atoms with E-state index in [9.17, 15) is 8.76 Å². The lowest BCUT2D eigenvalue weighted by Crippen LogP contribution is -1.87.